The molecule has 18 heavy (non-hydrogen) atoms. The number of likely N-dealkylation sites (tertiary alicyclic amines) is 1. The van der Waals surface area contributed by atoms with Crippen LogP contribution in [0.2, 0.25) is 0 Å². The van der Waals surface area contributed by atoms with E-state index in [9.17, 15) is 0 Å². The molecule has 1 saturated heterocycles. The Bertz CT molecular complexity index is 267. The van der Waals surface area contributed by atoms with Crippen LogP contribution < -0.4 is 11.1 Å². The monoisotopic (exact) mass is 253 g/mol. The summed E-state index contributed by atoms with van der Waals surface area (Å²) in [5, 5.41) is 3.93. The van der Waals surface area contributed by atoms with E-state index < -0.39 is 0 Å². The van der Waals surface area contributed by atoms with E-state index in [2.05, 4.69) is 31.0 Å². The van der Waals surface area contributed by atoms with Crippen LogP contribution in [-0.4, -0.2) is 42.7 Å². The molecule has 0 radical (unpaired) electrons. The van der Waals surface area contributed by atoms with Gasteiger partial charge in [-0.15, -0.1) is 0 Å². The van der Waals surface area contributed by atoms with Gasteiger partial charge in [-0.05, 0) is 57.2 Å². The Balaban J connectivity index is 1.90. The van der Waals surface area contributed by atoms with Crippen molar-refractivity contribution in [3.05, 3.63) is 0 Å². The number of piperidine rings is 1. The van der Waals surface area contributed by atoms with E-state index in [1.54, 1.807) is 0 Å². The Kier molecular flexibility index (Phi) is 4.35. The Morgan fingerprint density at radius 3 is 2.33 bits per heavy atom. The molecule has 0 spiro atoms. The first kappa shape index (κ1) is 14.3. The zero-order chi connectivity index (χ0) is 13.2. The molecular formula is C15H31N3. The molecule has 1 atom stereocenters. The molecule has 0 aromatic carbocycles. The second-order valence-electron chi connectivity index (χ2n) is 7.17. The standard InChI is InChI=1S/C15H31N3/c1-4-18-9-7-15(12-16,8-10-18)17-13-5-6-14(2,3)11-13/h13,17H,4-12,16H2,1-3H3. The van der Waals surface area contributed by atoms with E-state index in [4.69, 9.17) is 5.73 Å². The molecule has 0 bridgehead atoms. The van der Waals surface area contributed by atoms with Crippen LogP contribution in [0.4, 0.5) is 0 Å². The number of rotatable bonds is 4. The highest BCUT2D eigenvalue weighted by Crippen LogP contribution is 2.38. The van der Waals surface area contributed by atoms with Crippen LogP contribution in [0.1, 0.15) is 52.9 Å². The third-order valence-corrected chi connectivity index (χ3v) is 5.13. The van der Waals surface area contributed by atoms with Crippen molar-refractivity contribution >= 4 is 0 Å². The largest absolute Gasteiger partial charge is 0.329 e. The van der Waals surface area contributed by atoms with Gasteiger partial charge in [-0.3, -0.25) is 0 Å². The lowest BCUT2D eigenvalue weighted by Crippen LogP contribution is -2.60. The number of hydrogen-bond acceptors (Lipinski definition) is 3. The van der Waals surface area contributed by atoms with Gasteiger partial charge in [-0.1, -0.05) is 20.8 Å². The molecule has 2 fully saturated rings. The predicted octanol–water partition coefficient (Wildman–Crippen LogP) is 1.97. The Morgan fingerprint density at radius 1 is 1.22 bits per heavy atom. The minimum absolute atomic E-state index is 0.219. The average molecular weight is 253 g/mol. The van der Waals surface area contributed by atoms with Crippen molar-refractivity contribution in [3.63, 3.8) is 0 Å². The van der Waals surface area contributed by atoms with Gasteiger partial charge in [0.1, 0.15) is 0 Å². The summed E-state index contributed by atoms with van der Waals surface area (Å²) in [5.74, 6) is 0. The number of nitrogens with two attached hydrogens (primary N) is 1. The smallest absolute Gasteiger partial charge is 0.0330 e. The summed E-state index contributed by atoms with van der Waals surface area (Å²) < 4.78 is 0. The molecule has 1 saturated carbocycles. The Hall–Kier alpha value is -0.120. The van der Waals surface area contributed by atoms with Crippen molar-refractivity contribution in [2.75, 3.05) is 26.2 Å². The van der Waals surface area contributed by atoms with Gasteiger partial charge in [0.05, 0.1) is 0 Å². The molecule has 1 aliphatic carbocycles. The van der Waals surface area contributed by atoms with E-state index in [1.807, 2.05) is 0 Å². The molecule has 0 amide bonds. The van der Waals surface area contributed by atoms with Gasteiger partial charge >= 0.3 is 0 Å². The molecule has 0 aromatic heterocycles. The maximum absolute atomic E-state index is 6.09. The van der Waals surface area contributed by atoms with Crippen LogP contribution in [0.15, 0.2) is 0 Å². The highest BCUT2D eigenvalue weighted by Gasteiger charge is 2.38. The SMILES string of the molecule is CCN1CCC(CN)(NC2CCC(C)(C)C2)CC1. The zero-order valence-corrected chi connectivity index (χ0v) is 12.5. The normalized spacial score (nSPS) is 31.7. The van der Waals surface area contributed by atoms with Crippen LogP contribution in [0.25, 0.3) is 0 Å². The lowest BCUT2D eigenvalue weighted by molar-refractivity contribution is 0.132. The molecule has 3 heteroatoms. The summed E-state index contributed by atoms with van der Waals surface area (Å²) in [6.07, 6.45) is 6.42. The second-order valence-corrected chi connectivity index (χ2v) is 7.17. The van der Waals surface area contributed by atoms with Crippen LogP contribution in [-0.2, 0) is 0 Å². The average Bonchev–Trinajstić information content (AvgIpc) is 2.69. The molecule has 106 valence electrons. The zero-order valence-electron chi connectivity index (χ0n) is 12.5. The molecule has 0 aromatic rings. The van der Waals surface area contributed by atoms with Gasteiger partial charge < -0.3 is 16.0 Å². The second kappa shape index (κ2) is 5.48. The number of hydrogen-bond donors (Lipinski definition) is 2. The molecular weight excluding hydrogens is 222 g/mol. The first-order valence-corrected chi connectivity index (χ1v) is 7.69. The highest BCUT2D eigenvalue weighted by molar-refractivity contribution is 4.99. The van der Waals surface area contributed by atoms with Crippen LogP contribution in [0.5, 0.6) is 0 Å². The maximum Gasteiger partial charge on any atom is 0.0330 e. The first-order chi connectivity index (χ1) is 8.49. The van der Waals surface area contributed by atoms with Gasteiger partial charge in [-0.25, -0.2) is 0 Å². The molecule has 2 rings (SSSR count). The minimum Gasteiger partial charge on any atom is -0.329 e. The van der Waals surface area contributed by atoms with Gasteiger partial charge in [0.2, 0.25) is 0 Å². The van der Waals surface area contributed by atoms with E-state index >= 15 is 0 Å². The van der Waals surface area contributed by atoms with E-state index in [0.29, 0.717) is 11.5 Å². The van der Waals surface area contributed by atoms with Crippen molar-refractivity contribution in [2.45, 2.75) is 64.5 Å². The molecule has 3 N–H and O–H groups in total. The fourth-order valence-electron chi connectivity index (χ4n) is 3.70. The minimum atomic E-state index is 0.219. The van der Waals surface area contributed by atoms with E-state index in [1.165, 1.54) is 51.7 Å². The summed E-state index contributed by atoms with van der Waals surface area (Å²) in [5.41, 5.74) is 6.83. The van der Waals surface area contributed by atoms with E-state index in [0.717, 1.165) is 6.54 Å². The van der Waals surface area contributed by atoms with Gasteiger partial charge in [0.25, 0.3) is 0 Å². The number of nitrogens with one attached hydrogen (secondary N) is 1. The van der Waals surface area contributed by atoms with Gasteiger partial charge in [0, 0.05) is 18.1 Å². The number of nitrogens with zero attached hydrogens (tertiary/aromatic N) is 1. The van der Waals surface area contributed by atoms with E-state index in [-0.39, 0.29) is 5.54 Å². The fourth-order valence-corrected chi connectivity index (χ4v) is 3.70. The molecule has 1 heterocycles. The predicted molar refractivity (Wildman–Crippen MR) is 77.7 cm³/mol. The molecule has 1 unspecified atom stereocenters. The maximum atomic E-state index is 6.09. The third kappa shape index (κ3) is 3.25. The third-order valence-electron chi connectivity index (χ3n) is 5.13. The van der Waals surface area contributed by atoms with Gasteiger partial charge in [-0.2, -0.15) is 0 Å². The summed E-state index contributed by atoms with van der Waals surface area (Å²) in [4.78, 5) is 2.54. The van der Waals surface area contributed by atoms with Crippen molar-refractivity contribution in [1.29, 1.82) is 0 Å². The molecule has 2 aliphatic rings. The van der Waals surface area contributed by atoms with Gasteiger partial charge in [0.15, 0.2) is 0 Å². The van der Waals surface area contributed by atoms with Crippen LogP contribution >= 0.6 is 0 Å². The highest BCUT2D eigenvalue weighted by atomic mass is 15.2. The molecule has 3 nitrogen and oxygen atoms in total. The lowest BCUT2D eigenvalue weighted by atomic mass is 9.86. The summed E-state index contributed by atoms with van der Waals surface area (Å²) in [7, 11) is 0. The van der Waals surface area contributed by atoms with Crippen LogP contribution in [0, 0.1) is 5.41 Å². The summed E-state index contributed by atoms with van der Waals surface area (Å²) >= 11 is 0. The van der Waals surface area contributed by atoms with Crippen LogP contribution in [0.3, 0.4) is 0 Å². The van der Waals surface area contributed by atoms with Crippen molar-refractivity contribution in [2.24, 2.45) is 11.1 Å². The molecule has 1 aliphatic heterocycles. The first-order valence-electron chi connectivity index (χ1n) is 7.69. The quantitative estimate of drug-likeness (QED) is 0.805. The van der Waals surface area contributed by atoms with Crippen molar-refractivity contribution < 1.29 is 0 Å². The van der Waals surface area contributed by atoms with Crippen molar-refractivity contribution in [3.8, 4) is 0 Å². The summed E-state index contributed by atoms with van der Waals surface area (Å²) in [6.45, 7) is 11.4. The van der Waals surface area contributed by atoms with Crippen molar-refractivity contribution in [1.82, 2.24) is 10.2 Å². The topological polar surface area (TPSA) is 41.3 Å². The fraction of sp³-hybridized carbons (Fsp3) is 1.00. The lowest BCUT2D eigenvalue weighted by Gasteiger charge is -2.43. The Labute approximate surface area is 112 Å². The summed E-state index contributed by atoms with van der Waals surface area (Å²) in [6, 6.07) is 0.691. The Morgan fingerprint density at radius 2 is 1.89 bits per heavy atom.